The molecule has 1 aromatic rings. The van der Waals surface area contributed by atoms with Crippen LogP contribution in [0.5, 0.6) is 0 Å². The van der Waals surface area contributed by atoms with Crippen LogP contribution in [-0.2, 0) is 6.54 Å². The van der Waals surface area contributed by atoms with Crippen molar-refractivity contribution in [2.75, 3.05) is 19.6 Å². The maximum absolute atomic E-state index is 5.53. The zero-order valence-electron chi connectivity index (χ0n) is 11.0. The first-order valence-corrected chi connectivity index (χ1v) is 6.76. The van der Waals surface area contributed by atoms with Crippen molar-refractivity contribution in [1.82, 2.24) is 10.2 Å². The molecule has 1 aliphatic heterocycles. The molecule has 1 unspecified atom stereocenters. The van der Waals surface area contributed by atoms with Crippen LogP contribution >= 0.6 is 0 Å². The molecule has 3 heteroatoms. The summed E-state index contributed by atoms with van der Waals surface area (Å²) in [6, 6.07) is 4.70. The molecule has 3 nitrogen and oxygen atoms in total. The molecule has 0 spiro atoms. The summed E-state index contributed by atoms with van der Waals surface area (Å²) in [6.07, 6.45) is 4.13. The molecular weight excluding hydrogens is 212 g/mol. The average molecular weight is 236 g/mol. The molecule has 0 saturated carbocycles. The second kappa shape index (κ2) is 6.22. The van der Waals surface area contributed by atoms with Gasteiger partial charge in [-0.15, -0.1) is 0 Å². The number of nitrogens with zero attached hydrogens (tertiary/aromatic N) is 1. The van der Waals surface area contributed by atoms with Gasteiger partial charge in [-0.2, -0.15) is 0 Å². The first-order valence-electron chi connectivity index (χ1n) is 6.76. The first-order chi connectivity index (χ1) is 8.25. The molecule has 1 fully saturated rings. The van der Waals surface area contributed by atoms with Crippen molar-refractivity contribution < 1.29 is 4.42 Å². The molecule has 1 aromatic heterocycles. The third-order valence-corrected chi connectivity index (χ3v) is 3.55. The van der Waals surface area contributed by atoms with E-state index in [2.05, 4.69) is 17.1 Å². The SMILES string of the molecule is Cc1ccc(CNCC(C)N2CCCCC2)o1. The summed E-state index contributed by atoms with van der Waals surface area (Å²) in [4.78, 5) is 2.59. The van der Waals surface area contributed by atoms with Crippen LogP contribution in [0.1, 0.15) is 37.7 Å². The molecule has 0 aliphatic carbocycles. The predicted molar refractivity (Wildman–Crippen MR) is 70.0 cm³/mol. The zero-order valence-corrected chi connectivity index (χ0v) is 11.0. The van der Waals surface area contributed by atoms with Gasteiger partial charge in [-0.25, -0.2) is 0 Å². The standard InChI is InChI=1S/C14H24N2O/c1-12(16-8-4-3-5-9-16)10-15-11-14-7-6-13(2)17-14/h6-7,12,15H,3-5,8-11H2,1-2H3. The van der Waals surface area contributed by atoms with Crippen LogP contribution in [-0.4, -0.2) is 30.6 Å². The van der Waals surface area contributed by atoms with Gasteiger partial charge in [-0.3, -0.25) is 4.90 Å². The molecule has 0 radical (unpaired) electrons. The Morgan fingerprint density at radius 2 is 2.06 bits per heavy atom. The third-order valence-electron chi connectivity index (χ3n) is 3.55. The minimum absolute atomic E-state index is 0.631. The van der Waals surface area contributed by atoms with Gasteiger partial charge >= 0.3 is 0 Å². The van der Waals surface area contributed by atoms with Gasteiger partial charge in [0, 0.05) is 12.6 Å². The maximum Gasteiger partial charge on any atom is 0.117 e. The minimum atomic E-state index is 0.631. The summed E-state index contributed by atoms with van der Waals surface area (Å²) in [7, 11) is 0. The molecule has 2 heterocycles. The van der Waals surface area contributed by atoms with Gasteiger partial charge < -0.3 is 9.73 Å². The predicted octanol–water partition coefficient (Wildman–Crippen LogP) is 2.55. The number of hydrogen-bond acceptors (Lipinski definition) is 3. The fraction of sp³-hybridized carbons (Fsp3) is 0.714. The Balaban J connectivity index is 1.67. The van der Waals surface area contributed by atoms with Gasteiger partial charge in [0.05, 0.1) is 6.54 Å². The van der Waals surface area contributed by atoms with Crippen molar-refractivity contribution in [2.24, 2.45) is 0 Å². The summed E-state index contributed by atoms with van der Waals surface area (Å²) >= 11 is 0. The van der Waals surface area contributed by atoms with Crippen LogP contribution < -0.4 is 5.32 Å². The fourth-order valence-electron chi connectivity index (χ4n) is 2.47. The van der Waals surface area contributed by atoms with E-state index in [-0.39, 0.29) is 0 Å². The number of rotatable bonds is 5. The lowest BCUT2D eigenvalue weighted by Crippen LogP contribution is -2.42. The monoisotopic (exact) mass is 236 g/mol. The third kappa shape index (κ3) is 3.86. The van der Waals surface area contributed by atoms with E-state index in [4.69, 9.17) is 4.42 Å². The quantitative estimate of drug-likeness (QED) is 0.851. The van der Waals surface area contributed by atoms with Crippen molar-refractivity contribution in [3.8, 4) is 0 Å². The van der Waals surface area contributed by atoms with Gasteiger partial charge in [-0.1, -0.05) is 6.42 Å². The summed E-state index contributed by atoms with van der Waals surface area (Å²) in [5.74, 6) is 2.03. The number of aryl methyl sites for hydroxylation is 1. The number of likely N-dealkylation sites (tertiary alicyclic amines) is 1. The Morgan fingerprint density at radius 1 is 1.29 bits per heavy atom. The Hall–Kier alpha value is -0.800. The highest BCUT2D eigenvalue weighted by Crippen LogP contribution is 2.11. The lowest BCUT2D eigenvalue weighted by atomic mass is 10.1. The molecular formula is C14H24N2O. The molecule has 96 valence electrons. The highest BCUT2D eigenvalue weighted by atomic mass is 16.3. The molecule has 17 heavy (non-hydrogen) atoms. The molecule has 1 saturated heterocycles. The molecule has 0 bridgehead atoms. The molecule has 0 amide bonds. The van der Waals surface area contributed by atoms with Gasteiger partial charge in [0.15, 0.2) is 0 Å². The summed E-state index contributed by atoms with van der Waals surface area (Å²) < 4.78 is 5.53. The van der Waals surface area contributed by atoms with E-state index in [1.807, 2.05) is 19.1 Å². The Bertz CT molecular complexity index is 329. The van der Waals surface area contributed by atoms with Gasteiger partial charge in [0.25, 0.3) is 0 Å². The van der Waals surface area contributed by atoms with Crippen molar-refractivity contribution in [1.29, 1.82) is 0 Å². The minimum Gasteiger partial charge on any atom is -0.465 e. The average Bonchev–Trinajstić information content (AvgIpc) is 2.76. The Morgan fingerprint density at radius 3 is 2.71 bits per heavy atom. The Labute approximate surface area is 104 Å². The largest absolute Gasteiger partial charge is 0.465 e. The van der Waals surface area contributed by atoms with Gasteiger partial charge in [0.1, 0.15) is 11.5 Å². The highest BCUT2D eigenvalue weighted by Gasteiger charge is 2.15. The van der Waals surface area contributed by atoms with Crippen molar-refractivity contribution in [2.45, 2.75) is 45.7 Å². The van der Waals surface area contributed by atoms with Crippen LogP contribution in [0.4, 0.5) is 0 Å². The number of furan rings is 1. The fourth-order valence-corrected chi connectivity index (χ4v) is 2.47. The van der Waals surface area contributed by atoms with Crippen molar-refractivity contribution in [3.05, 3.63) is 23.7 Å². The lowest BCUT2D eigenvalue weighted by molar-refractivity contribution is 0.170. The van der Waals surface area contributed by atoms with Crippen LogP contribution in [0.25, 0.3) is 0 Å². The molecule has 1 aliphatic rings. The number of piperidine rings is 1. The zero-order chi connectivity index (χ0) is 12.1. The first kappa shape index (κ1) is 12.7. The van der Waals surface area contributed by atoms with E-state index in [0.29, 0.717) is 6.04 Å². The van der Waals surface area contributed by atoms with Crippen LogP contribution in [0.3, 0.4) is 0 Å². The van der Waals surface area contributed by atoms with Gasteiger partial charge in [0.2, 0.25) is 0 Å². The van der Waals surface area contributed by atoms with Crippen LogP contribution in [0.15, 0.2) is 16.5 Å². The second-order valence-corrected chi connectivity index (χ2v) is 5.09. The maximum atomic E-state index is 5.53. The summed E-state index contributed by atoms with van der Waals surface area (Å²) in [5, 5.41) is 3.48. The van der Waals surface area contributed by atoms with E-state index >= 15 is 0 Å². The van der Waals surface area contributed by atoms with E-state index in [0.717, 1.165) is 24.6 Å². The van der Waals surface area contributed by atoms with E-state index in [1.54, 1.807) is 0 Å². The highest BCUT2D eigenvalue weighted by molar-refractivity contribution is 5.05. The second-order valence-electron chi connectivity index (χ2n) is 5.09. The van der Waals surface area contributed by atoms with E-state index in [9.17, 15) is 0 Å². The smallest absolute Gasteiger partial charge is 0.117 e. The summed E-state index contributed by atoms with van der Waals surface area (Å²) in [6.45, 7) is 8.71. The molecule has 0 aromatic carbocycles. The summed E-state index contributed by atoms with van der Waals surface area (Å²) in [5.41, 5.74) is 0. The van der Waals surface area contributed by atoms with Crippen LogP contribution in [0, 0.1) is 6.92 Å². The number of hydrogen-bond donors (Lipinski definition) is 1. The lowest BCUT2D eigenvalue weighted by Gasteiger charge is -2.32. The topological polar surface area (TPSA) is 28.4 Å². The normalized spacial score (nSPS) is 19.4. The molecule has 1 atom stereocenters. The number of nitrogens with one attached hydrogen (secondary N) is 1. The van der Waals surface area contributed by atoms with Crippen LogP contribution in [0.2, 0.25) is 0 Å². The van der Waals surface area contributed by atoms with E-state index < -0.39 is 0 Å². The molecule has 1 N–H and O–H groups in total. The van der Waals surface area contributed by atoms with Gasteiger partial charge in [-0.05, 0) is 51.9 Å². The Kier molecular flexibility index (Phi) is 4.63. The van der Waals surface area contributed by atoms with Crippen molar-refractivity contribution in [3.63, 3.8) is 0 Å². The van der Waals surface area contributed by atoms with Crippen molar-refractivity contribution >= 4 is 0 Å². The molecule has 2 rings (SSSR count). The van der Waals surface area contributed by atoms with E-state index in [1.165, 1.54) is 32.4 Å².